The number of nitrogens with one attached hydrogen (secondary N) is 1. The number of likely N-dealkylation sites (N-methyl/N-ethyl adjacent to an activating group) is 1. The van der Waals surface area contributed by atoms with Crippen LogP contribution in [-0.2, 0) is 22.4 Å². The maximum absolute atomic E-state index is 14.1. The molecule has 0 spiro atoms. The number of aromatic nitrogens is 3. The fraction of sp³-hybridized carbons (Fsp3) is 0.476. The number of cyclic esters (lactones) is 1. The van der Waals surface area contributed by atoms with Crippen LogP contribution < -0.4 is 15.0 Å². The van der Waals surface area contributed by atoms with Crippen molar-refractivity contribution in [3.63, 3.8) is 0 Å². The van der Waals surface area contributed by atoms with E-state index in [0.29, 0.717) is 31.7 Å². The summed E-state index contributed by atoms with van der Waals surface area (Å²) in [7, 11) is 2.00. The number of pyridine rings is 1. The SMILES string of the molecule is Cc1ncc(F)c2c1C[C@@H](N(C)CC[C@H]1CN(c3cnc4c(n3)NC(=O)CO4)C(=O)O1)C2. The summed E-state index contributed by atoms with van der Waals surface area (Å²) in [5.74, 6) is 0.134. The minimum Gasteiger partial charge on any atom is -0.465 e. The Hall–Kier alpha value is -3.34. The van der Waals surface area contributed by atoms with E-state index in [4.69, 9.17) is 9.47 Å². The van der Waals surface area contributed by atoms with Crippen LogP contribution in [0.2, 0.25) is 0 Å². The lowest BCUT2D eigenvalue weighted by molar-refractivity contribution is -0.118. The van der Waals surface area contributed by atoms with Crippen LogP contribution >= 0.6 is 0 Å². The normalized spacial score (nSPS) is 21.8. The third-order valence-corrected chi connectivity index (χ3v) is 6.24. The van der Waals surface area contributed by atoms with Crippen LogP contribution in [0.15, 0.2) is 12.4 Å². The van der Waals surface area contributed by atoms with Gasteiger partial charge in [0.15, 0.2) is 18.2 Å². The molecule has 0 bridgehead atoms. The Kier molecular flexibility index (Phi) is 5.12. The highest BCUT2D eigenvalue weighted by atomic mass is 19.1. The van der Waals surface area contributed by atoms with E-state index in [2.05, 4.69) is 25.2 Å². The fourth-order valence-electron chi connectivity index (χ4n) is 4.40. The van der Waals surface area contributed by atoms with Crippen molar-refractivity contribution in [2.24, 2.45) is 0 Å². The molecule has 168 valence electrons. The highest BCUT2D eigenvalue weighted by Gasteiger charge is 2.35. The van der Waals surface area contributed by atoms with E-state index in [1.165, 1.54) is 17.3 Å². The van der Waals surface area contributed by atoms with Crippen LogP contribution in [0.5, 0.6) is 5.88 Å². The minimum atomic E-state index is -0.507. The van der Waals surface area contributed by atoms with Crippen LogP contribution in [-0.4, -0.2) is 70.7 Å². The number of carbonyl (C=O) groups is 2. The molecule has 0 unspecified atom stereocenters. The number of fused-ring (bicyclic) bond motifs is 2. The molecule has 2 atom stereocenters. The molecule has 0 aromatic carbocycles. The summed E-state index contributed by atoms with van der Waals surface area (Å²) in [5.41, 5.74) is 2.64. The fourth-order valence-corrected chi connectivity index (χ4v) is 4.40. The Morgan fingerprint density at radius 3 is 2.88 bits per heavy atom. The monoisotopic (exact) mass is 442 g/mol. The number of nitrogens with zero attached hydrogens (tertiary/aromatic N) is 5. The Morgan fingerprint density at radius 1 is 1.25 bits per heavy atom. The molecule has 2 amide bonds. The molecule has 1 N–H and O–H groups in total. The predicted octanol–water partition coefficient (Wildman–Crippen LogP) is 1.46. The molecule has 11 heteroatoms. The van der Waals surface area contributed by atoms with Gasteiger partial charge in [0.25, 0.3) is 11.8 Å². The zero-order valence-electron chi connectivity index (χ0n) is 17.8. The van der Waals surface area contributed by atoms with Crippen molar-refractivity contribution in [1.82, 2.24) is 19.9 Å². The van der Waals surface area contributed by atoms with Gasteiger partial charge in [0.1, 0.15) is 11.9 Å². The van der Waals surface area contributed by atoms with Crippen LogP contribution in [0.1, 0.15) is 23.2 Å². The average Bonchev–Trinajstić information content (AvgIpc) is 3.39. The van der Waals surface area contributed by atoms with Gasteiger partial charge in [-0.05, 0) is 44.4 Å². The Morgan fingerprint density at radius 2 is 2.06 bits per heavy atom. The Bertz CT molecular complexity index is 1070. The summed E-state index contributed by atoms with van der Waals surface area (Å²) in [6, 6.07) is 0.186. The topological polar surface area (TPSA) is 110 Å². The van der Waals surface area contributed by atoms with Gasteiger partial charge < -0.3 is 19.7 Å². The summed E-state index contributed by atoms with van der Waals surface area (Å²) in [6.45, 7) is 2.82. The minimum absolute atomic E-state index is 0.114. The lowest BCUT2D eigenvalue weighted by Gasteiger charge is -2.25. The number of carbonyl (C=O) groups excluding carboxylic acids is 2. The molecule has 1 fully saturated rings. The van der Waals surface area contributed by atoms with E-state index in [0.717, 1.165) is 23.2 Å². The van der Waals surface area contributed by atoms with Crippen molar-refractivity contribution in [3.05, 3.63) is 35.0 Å². The number of aryl methyl sites for hydroxylation is 1. The second-order valence-electron chi connectivity index (χ2n) is 8.32. The molecule has 2 aliphatic heterocycles. The second kappa shape index (κ2) is 7.97. The lowest BCUT2D eigenvalue weighted by Crippen LogP contribution is -2.35. The summed E-state index contributed by atoms with van der Waals surface area (Å²) in [5, 5.41) is 2.58. The van der Waals surface area contributed by atoms with Crippen LogP contribution in [0.4, 0.5) is 20.8 Å². The number of amides is 2. The largest absolute Gasteiger partial charge is 0.465 e. The van der Waals surface area contributed by atoms with Crippen molar-refractivity contribution >= 4 is 23.6 Å². The van der Waals surface area contributed by atoms with Gasteiger partial charge in [0.05, 0.1) is 18.9 Å². The number of hydrogen-bond donors (Lipinski definition) is 1. The zero-order valence-corrected chi connectivity index (χ0v) is 17.8. The highest BCUT2D eigenvalue weighted by molar-refractivity contribution is 5.94. The molecule has 2 aromatic heterocycles. The van der Waals surface area contributed by atoms with Gasteiger partial charge in [-0.3, -0.25) is 14.7 Å². The van der Waals surface area contributed by atoms with E-state index in [9.17, 15) is 14.0 Å². The maximum atomic E-state index is 14.1. The highest BCUT2D eigenvalue weighted by Crippen LogP contribution is 2.30. The molecule has 2 aromatic rings. The first-order valence-electron chi connectivity index (χ1n) is 10.5. The van der Waals surface area contributed by atoms with Gasteiger partial charge in [-0.1, -0.05) is 0 Å². The van der Waals surface area contributed by atoms with Crippen LogP contribution in [0, 0.1) is 12.7 Å². The van der Waals surface area contributed by atoms with E-state index in [1.54, 1.807) is 0 Å². The smallest absolute Gasteiger partial charge is 0.415 e. The number of rotatable bonds is 5. The Balaban J connectivity index is 1.19. The molecule has 0 saturated carbocycles. The molecule has 5 rings (SSSR count). The molecule has 32 heavy (non-hydrogen) atoms. The first-order chi connectivity index (χ1) is 15.4. The van der Waals surface area contributed by atoms with Crippen molar-refractivity contribution in [1.29, 1.82) is 0 Å². The summed E-state index contributed by atoms with van der Waals surface area (Å²) >= 11 is 0. The second-order valence-corrected chi connectivity index (χ2v) is 8.32. The van der Waals surface area contributed by atoms with Crippen molar-refractivity contribution in [2.45, 2.75) is 38.3 Å². The summed E-state index contributed by atoms with van der Waals surface area (Å²) in [6.07, 6.45) is 3.94. The first-order valence-corrected chi connectivity index (χ1v) is 10.5. The maximum Gasteiger partial charge on any atom is 0.415 e. The number of ether oxygens (including phenoxy) is 2. The molecular formula is C21H23FN6O4. The van der Waals surface area contributed by atoms with E-state index in [1.807, 2.05) is 14.0 Å². The zero-order chi connectivity index (χ0) is 22.4. The number of anilines is 2. The summed E-state index contributed by atoms with van der Waals surface area (Å²) < 4.78 is 24.8. The third kappa shape index (κ3) is 3.72. The third-order valence-electron chi connectivity index (χ3n) is 6.24. The van der Waals surface area contributed by atoms with E-state index >= 15 is 0 Å². The van der Waals surface area contributed by atoms with Crippen LogP contribution in [0.25, 0.3) is 0 Å². The van der Waals surface area contributed by atoms with Gasteiger partial charge in [-0.15, -0.1) is 0 Å². The van der Waals surface area contributed by atoms with Gasteiger partial charge in [-0.25, -0.2) is 19.2 Å². The van der Waals surface area contributed by atoms with Gasteiger partial charge in [0, 0.05) is 18.3 Å². The molecule has 4 heterocycles. The summed E-state index contributed by atoms with van der Waals surface area (Å²) in [4.78, 5) is 40.0. The standard InChI is InChI=1S/C21H23FN6O4/c1-11-14-5-12(6-15(14)16(22)7-23-11)27(2)4-3-13-9-28(21(30)32-13)17-8-24-20-19(25-17)26-18(29)10-31-20/h7-8,12-13H,3-6,9-10H2,1-2H3,(H,25,26,29)/t12-,13+/m1/s1. The predicted molar refractivity (Wildman–Crippen MR) is 111 cm³/mol. The van der Waals surface area contributed by atoms with E-state index < -0.39 is 6.09 Å². The molecule has 1 saturated heterocycles. The van der Waals surface area contributed by atoms with Crippen molar-refractivity contribution < 1.29 is 23.5 Å². The first kappa shape index (κ1) is 20.6. The number of halogens is 1. The van der Waals surface area contributed by atoms with Gasteiger partial charge in [0.2, 0.25) is 0 Å². The molecular weight excluding hydrogens is 419 g/mol. The molecule has 10 nitrogen and oxygen atoms in total. The van der Waals surface area contributed by atoms with E-state index in [-0.39, 0.29) is 42.2 Å². The van der Waals surface area contributed by atoms with Crippen molar-refractivity contribution in [2.75, 3.05) is 37.0 Å². The quantitative estimate of drug-likeness (QED) is 0.741. The molecule has 0 radical (unpaired) electrons. The average molecular weight is 442 g/mol. The van der Waals surface area contributed by atoms with Gasteiger partial charge >= 0.3 is 6.09 Å². The lowest BCUT2D eigenvalue weighted by atomic mass is 10.1. The van der Waals surface area contributed by atoms with Crippen molar-refractivity contribution in [3.8, 4) is 5.88 Å². The van der Waals surface area contributed by atoms with Gasteiger partial charge in [-0.2, -0.15) is 0 Å². The molecule has 1 aliphatic carbocycles. The molecule has 3 aliphatic rings. The number of hydrogen-bond acceptors (Lipinski definition) is 8. The Labute approximate surface area is 183 Å². The van der Waals surface area contributed by atoms with Crippen LogP contribution in [0.3, 0.4) is 0 Å².